The van der Waals surface area contributed by atoms with Gasteiger partial charge in [0.1, 0.15) is 18.2 Å². The van der Waals surface area contributed by atoms with Crippen molar-refractivity contribution in [1.29, 1.82) is 0 Å². The molecule has 102 valence electrons. The van der Waals surface area contributed by atoms with Crippen LogP contribution in [-0.4, -0.2) is 9.55 Å². The molecular weight excluding hydrogens is 257 g/mol. The van der Waals surface area contributed by atoms with Gasteiger partial charge in [-0.05, 0) is 19.1 Å². The fraction of sp³-hybridized carbons (Fsp3) is 0.308. The summed E-state index contributed by atoms with van der Waals surface area (Å²) in [6.45, 7) is 1.86. The average molecular weight is 270 g/mol. The first kappa shape index (κ1) is 13.5. The normalized spacial score (nSPS) is 11.6. The lowest BCUT2D eigenvalue weighted by atomic mass is 10.2. The Labute approximate surface area is 108 Å². The van der Waals surface area contributed by atoms with Gasteiger partial charge in [-0.3, -0.25) is 0 Å². The highest BCUT2D eigenvalue weighted by Gasteiger charge is 2.34. The maximum absolute atomic E-state index is 12.8. The van der Waals surface area contributed by atoms with E-state index in [4.69, 9.17) is 4.74 Å². The third-order valence-corrected chi connectivity index (χ3v) is 2.88. The topological polar surface area (TPSA) is 27.1 Å². The first-order valence-electron chi connectivity index (χ1n) is 5.66. The third kappa shape index (κ3) is 2.89. The second kappa shape index (κ2) is 4.95. The summed E-state index contributed by atoms with van der Waals surface area (Å²) in [5.41, 5.74) is -0.0524. The second-order valence-corrected chi connectivity index (χ2v) is 4.14. The van der Waals surface area contributed by atoms with Gasteiger partial charge in [0.05, 0.1) is 17.5 Å². The van der Waals surface area contributed by atoms with E-state index in [9.17, 15) is 13.2 Å². The summed E-state index contributed by atoms with van der Waals surface area (Å²) >= 11 is 0. The van der Waals surface area contributed by atoms with Crippen molar-refractivity contribution in [2.24, 2.45) is 7.05 Å². The number of aromatic nitrogens is 2. The van der Waals surface area contributed by atoms with Crippen molar-refractivity contribution in [2.75, 3.05) is 0 Å². The molecule has 19 heavy (non-hydrogen) atoms. The van der Waals surface area contributed by atoms with Gasteiger partial charge < -0.3 is 9.30 Å². The maximum Gasteiger partial charge on any atom is 0.419 e. The van der Waals surface area contributed by atoms with E-state index < -0.39 is 11.7 Å². The largest absolute Gasteiger partial charge is 0.487 e. The molecule has 2 rings (SSSR count). The zero-order valence-corrected chi connectivity index (χ0v) is 10.5. The molecule has 0 saturated heterocycles. The zero-order chi connectivity index (χ0) is 14.0. The fourth-order valence-corrected chi connectivity index (χ4v) is 1.66. The van der Waals surface area contributed by atoms with E-state index in [1.807, 2.05) is 6.92 Å². The molecular formula is C13H13F3N2O. The summed E-state index contributed by atoms with van der Waals surface area (Å²) in [6.07, 6.45) is -2.83. The molecule has 2 aromatic rings. The van der Waals surface area contributed by atoms with Crippen LogP contribution >= 0.6 is 0 Å². The number of aryl methyl sites for hydroxylation is 1. The number of imidazole rings is 1. The molecule has 0 aliphatic heterocycles. The summed E-state index contributed by atoms with van der Waals surface area (Å²) < 4.78 is 45.3. The molecule has 1 aromatic heterocycles. The molecule has 0 unspecified atom stereocenters. The minimum atomic E-state index is -4.42. The zero-order valence-electron chi connectivity index (χ0n) is 10.5. The number of para-hydroxylation sites is 1. The van der Waals surface area contributed by atoms with Crippen LogP contribution in [-0.2, 0) is 19.8 Å². The smallest absolute Gasteiger partial charge is 0.419 e. The summed E-state index contributed by atoms with van der Waals surface area (Å²) in [4.78, 5) is 4.06. The van der Waals surface area contributed by atoms with E-state index >= 15 is 0 Å². The number of hydrogen-bond donors (Lipinski definition) is 0. The standard InChI is InChI=1S/C13H13F3N2O/c1-9-17-7-10(18(9)2)8-19-12-6-4-3-5-11(12)13(14,15)16/h3-7H,8H2,1-2H3. The van der Waals surface area contributed by atoms with Crippen molar-refractivity contribution >= 4 is 0 Å². The van der Waals surface area contributed by atoms with E-state index in [0.29, 0.717) is 0 Å². The van der Waals surface area contributed by atoms with Gasteiger partial charge in [0, 0.05) is 7.05 Å². The van der Waals surface area contributed by atoms with Gasteiger partial charge in [-0.2, -0.15) is 13.2 Å². The van der Waals surface area contributed by atoms with Gasteiger partial charge in [-0.15, -0.1) is 0 Å². The molecule has 0 amide bonds. The van der Waals surface area contributed by atoms with Crippen molar-refractivity contribution < 1.29 is 17.9 Å². The summed E-state index contributed by atoms with van der Waals surface area (Å²) in [5.74, 6) is 0.608. The fourth-order valence-electron chi connectivity index (χ4n) is 1.66. The highest BCUT2D eigenvalue weighted by Crippen LogP contribution is 2.36. The lowest BCUT2D eigenvalue weighted by Gasteiger charge is -2.13. The first-order valence-corrected chi connectivity index (χ1v) is 5.66. The molecule has 0 radical (unpaired) electrons. The van der Waals surface area contributed by atoms with E-state index in [2.05, 4.69) is 4.98 Å². The molecule has 3 nitrogen and oxygen atoms in total. The molecule has 0 aliphatic rings. The van der Waals surface area contributed by atoms with Crippen LogP contribution in [0.15, 0.2) is 30.5 Å². The average Bonchev–Trinajstić information content (AvgIpc) is 2.67. The second-order valence-electron chi connectivity index (χ2n) is 4.14. The molecule has 0 fully saturated rings. The Bertz CT molecular complexity index is 576. The quantitative estimate of drug-likeness (QED) is 0.855. The van der Waals surface area contributed by atoms with E-state index in [0.717, 1.165) is 17.6 Å². The number of benzene rings is 1. The summed E-state index contributed by atoms with van der Waals surface area (Å²) in [7, 11) is 1.79. The SMILES string of the molecule is Cc1ncc(COc2ccccc2C(F)(F)F)n1C. The number of nitrogens with zero attached hydrogens (tertiary/aromatic N) is 2. The van der Waals surface area contributed by atoms with Crippen molar-refractivity contribution in [3.05, 3.63) is 47.5 Å². The Balaban J connectivity index is 2.19. The van der Waals surface area contributed by atoms with Crippen LogP contribution in [0.2, 0.25) is 0 Å². The van der Waals surface area contributed by atoms with E-state index in [-0.39, 0.29) is 12.4 Å². The van der Waals surface area contributed by atoms with Crippen molar-refractivity contribution in [3.8, 4) is 5.75 Å². The molecule has 0 N–H and O–H groups in total. The molecule has 6 heteroatoms. The van der Waals surface area contributed by atoms with Gasteiger partial charge in [-0.25, -0.2) is 4.98 Å². The Morgan fingerprint density at radius 2 is 1.95 bits per heavy atom. The van der Waals surface area contributed by atoms with Crippen LogP contribution in [0.3, 0.4) is 0 Å². The number of halogens is 3. The molecule has 0 aliphatic carbocycles. The molecule has 0 saturated carbocycles. The van der Waals surface area contributed by atoms with Crippen molar-refractivity contribution in [2.45, 2.75) is 19.7 Å². The third-order valence-electron chi connectivity index (χ3n) is 2.88. The Morgan fingerprint density at radius 3 is 2.53 bits per heavy atom. The van der Waals surface area contributed by atoms with Crippen LogP contribution in [0.5, 0.6) is 5.75 Å². The Hall–Kier alpha value is -1.98. The van der Waals surface area contributed by atoms with Gasteiger partial charge in [0.2, 0.25) is 0 Å². The monoisotopic (exact) mass is 270 g/mol. The predicted molar refractivity (Wildman–Crippen MR) is 63.7 cm³/mol. The van der Waals surface area contributed by atoms with Crippen LogP contribution in [0.1, 0.15) is 17.1 Å². The lowest BCUT2D eigenvalue weighted by molar-refractivity contribution is -0.139. The molecule has 0 atom stereocenters. The Morgan fingerprint density at radius 1 is 1.26 bits per heavy atom. The number of alkyl halides is 3. The van der Waals surface area contributed by atoms with E-state index in [1.54, 1.807) is 17.8 Å². The van der Waals surface area contributed by atoms with Crippen LogP contribution in [0.4, 0.5) is 13.2 Å². The molecule has 0 bridgehead atoms. The van der Waals surface area contributed by atoms with Gasteiger partial charge >= 0.3 is 6.18 Å². The lowest BCUT2D eigenvalue weighted by Crippen LogP contribution is -2.09. The maximum atomic E-state index is 12.8. The summed E-state index contributed by atoms with van der Waals surface area (Å²) in [5, 5.41) is 0. The van der Waals surface area contributed by atoms with E-state index in [1.165, 1.54) is 18.2 Å². The van der Waals surface area contributed by atoms with Gasteiger partial charge in [-0.1, -0.05) is 12.1 Å². The van der Waals surface area contributed by atoms with Crippen molar-refractivity contribution in [1.82, 2.24) is 9.55 Å². The number of hydrogen-bond acceptors (Lipinski definition) is 2. The molecule has 1 heterocycles. The highest BCUT2D eigenvalue weighted by molar-refractivity contribution is 5.35. The number of rotatable bonds is 3. The highest BCUT2D eigenvalue weighted by atomic mass is 19.4. The minimum Gasteiger partial charge on any atom is -0.487 e. The van der Waals surface area contributed by atoms with Crippen LogP contribution in [0, 0.1) is 6.92 Å². The van der Waals surface area contributed by atoms with Crippen LogP contribution in [0.25, 0.3) is 0 Å². The summed E-state index contributed by atoms with van der Waals surface area (Å²) in [6, 6.07) is 5.17. The van der Waals surface area contributed by atoms with Gasteiger partial charge in [0.25, 0.3) is 0 Å². The minimum absolute atomic E-state index is 0.0461. The van der Waals surface area contributed by atoms with Crippen LogP contribution < -0.4 is 4.74 Å². The molecule has 0 spiro atoms. The Kier molecular flexibility index (Phi) is 3.50. The number of ether oxygens (including phenoxy) is 1. The molecule has 1 aromatic carbocycles. The van der Waals surface area contributed by atoms with Gasteiger partial charge in [0.15, 0.2) is 0 Å². The predicted octanol–water partition coefficient (Wildman–Crippen LogP) is 3.33. The first-order chi connectivity index (χ1) is 8.89. The van der Waals surface area contributed by atoms with Crippen molar-refractivity contribution in [3.63, 3.8) is 0 Å².